The Labute approximate surface area is 174 Å². The van der Waals surface area contributed by atoms with E-state index in [1.54, 1.807) is 29.0 Å². The van der Waals surface area contributed by atoms with Crippen LogP contribution in [0.3, 0.4) is 0 Å². The highest BCUT2D eigenvalue weighted by molar-refractivity contribution is 6.02. The molecule has 0 aliphatic heterocycles. The Bertz CT molecular complexity index is 1440. The van der Waals surface area contributed by atoms with Crippen LogP contribution in [-0.2, 0) is 0 Å². The Morgan fingerprint density at radius 1 is 0.935 bits per heavy atom. The van der Waals surface area contributed by atoms with Crippen molar-refractivity contribution in [2.45, 2.75) is 0 Å². The van der Waals surface area contributed by atoms with Crippen molar-refractivity contribution in [2.75, 3.05) is 5.32 Å². The molecule has 0 aliphatic rings. The second-order valence-electron chi connectivity index (χ2n) is 6.59. The van der Waals surface area contributed by atoms with Crippen LogP contribution in [0.15, 0.2) is 77.9 Å². The Hall–Kier alpha value is -4.73. The monoisotopic (exact) mass is 410 g/mol. The van der Waals surface area contributed by atoms with Crippen LogP contribution in [0.4, 0.5) is 5.69 Å². The van der Waals surface area contributed by atoms with Crippen LogP contribution in [0.2, 0.25) is 0 Å². The lowest BCUT2D eigenvalue weighted by Crippen LogP contribution is -2.17. The first-order valence-electron chi connectivity index (χ1n) is 9.28. The minimum atomic E-state index is -0.435. The van der Waals surface area contributed by atoms with Crippen molar-refractivity contribution in [1.29, 1.82) is 0 Å². The van der Waals surface area contributed by atoms with Gasteiger partial charge in [0, 0.05) is 35.3 Å². The van der Waals surface area contributed by atoms with Crippen molar-refractivity contribution in [1.82, 2.24) is 35.0 Å². The zero-order valence-corrected chi connectivity index (χ0v) is 15.9. The maximum absolute atomic E-state index is 12.4. The number of amides is 1. The molecule has 0 aliphatic carbocycles. The molecule has 0 unspecified atom stereocenters. The van der Waals surface area contributed by atoms with Crippen LogP contribution in [0.25, 0.3) is 28.3 Å². The molecule has 2 N–H and O–H groups in total. The number of hydrogen-bond acceptors (Lipinski definition) is 7. The van der Waals surface area contributed by atoms with Gasteiger partial charge in [-0.05, 0) is 42.5 Å². The number of nitrogens with zero attached hydrogens (tertiary/aromatic N) is 6. The number of aromatic nitrogens is 7. The van der Waals surface area contributed by atoms with Crippen LogP contribution in [0.5, 0.6) is 0 Å². The van der Waals surface area contributed by atoms with Crippen LogP contribution < -0.4 is 10.9 Å². The van der Waals surface area contributed by atoms with Crippen molar-refractivity contribution in [3.8, 4) is 22.6 Å². The summed E-state index contributed by atoms with van der Waals surface area (Å²) >= 11 is 0. The van der Waals surface area contributed by atoms with Gasteiger partial charge in [0.15, 0.2) is 11.5 Å². The summed E-state index contributed by atoms with van der Waals surface area (Å²) in [5.74, 6) is 0.170. The lowest BCUT2D eigenvalue weighted by atomic mass is 10.1. The number of H-pyrrole nitrogens is 1. The molecule has 5 rings (SSSR count). The van der Waals surface area contributed by atoms with Gasteiger partial charge < -0.3 is 5.32 Å². The first kappa shape index (κ1) is 18.3. The second-order valence-corrected chi connectivity index (χ2v) is 6.59. The third-order valence-electron chi connectivity index (χ3n) is 4.53. The third-order valence-corrected chi connectivity index (χ3v) is 4.53. The molecule has 10 heteroatoms. The predicted molar refractivity (Wildman–Crippen MR) is 112 cm³/mol. The van der Waals surface area contributed by atoms with Gasteiger partial charge in [0.05, 0.1) is 5.69 Å². The van der Waals surface area contributed by atoms with Gasteiger partial charge in [-0.1, -0.05) is 12.1 Å². The minimum Gasteiger partial charge on any atom is -0.321 e. The molecule has 0 saturated carbocycles. The molecular weight excluding hydrogens is 396 g/mol. The van der Waals surface area contributed by atoms with E-state index in [1.165, 1.54) is 12.1 Å². The van der Waals surface area contributed by atoms with Crippen LogP contribution in [0.1, 0.15) is 10.5 Å². The molecule has 1 aromatic carbocycles. The van der Waals surface area contributed by atoms with Gasteiger partial charge in [-0.3, -0.25) is 14.6 Å². The fourth-order valence-electron chi connectivity index (χ4n) is 3.05. The maximum Gasteiger partial charge on any atom is 0.276 e. The first-order chi connectivity index (χ1) is 15.2. The van der Waals surface area contributed by atoms with Gasteiger partial charge in [0.2, 0.25) is 0 Å². The third kappa shape index (κ3) is 3.65. The highest BCUT2D eigenvalue weighted by Gasteiger charge is 2.12. The summed E-state index contributed by atoms with van der Waals surface area (Å²) in [6.45, 7) is 0. The van der Waals surface area contributed by atoms with Crippen molar-refractivity contribution >= 4 is 17.2 Å². The fourth-order valence-corrected chi connectivity index (χ4v) is 3.05. The summed E-state index contributed by atoms with van der Waals surface area (Å²) < 4.78 is 1.67. The molecule has 0 radical (unpaired) electrons. The molecule has 0 spiro atoms. The SMILES string of the molecule is O=C(Nc1cccc(-c2ccc3nnc(-c4ccncc4)n3n2)c1)c1ccc(=O)[nH]n1. The summed E-state index contributed by atoms with van der Waals surface area (Å²) in [5.41, 5.74) is 3.24. The highest BCUT2D eigenvalue weighted by atomic mass is 16.2. The standard InChI is InChI=1S/C21H14N8O2/c30-19-7-5-17(24-26-19)21(31)23-15-3-1-2-14(12-15)16-4-6-18-25-27-20(29(18)28-16)13-8-10-22-11-9-13/h1-12H,(H,23,31)(H,26,30). The first-order valence-corrected chi connectivity index (χ1v) is 9.28. The largest absolute Gasteiger partial charge is 0.321 e. The zero-order chi connectivity index (χ0) is 21.2. The quantitative estimate of drug-likeness (QED) is 0.464. The average molecular weight is 410 g/mol. The number of benzene rings is 1. The van der Waals surface area contributed by atoms with E-state index in [1.807, 2.05) is 36.4 Å². The normalized spacial score (nSPS) is 10.8. The number of carbonyl (C=O) groups is 1. The molecule has 4 heterocycles. The predicted octanol–water partition coefficient (Wildman–Crippen LogP) is 2.19. The minimum absolute atomic E-state index is 0.107. The number of anilines is 1. The fraction of sp³-hybridized carbons (Fsp3) is 0. The highest BCUT2D eigenvalue weighted by Crippen LogP contribution is 2.23. The summed E-state index contributed by atoms with van der Waals surface area (Å²) in [6, 6.07) is 17.2. The summed E-state index contributed by atoms with van der Waals surface area (Å²) in [7, 11) is 0. The Morgan fingerprint density at radius 2 is 1.81 bits per heavy atom. The van der Waals surface area contributed by atoms with E-state index in [0.29, 0.717) is 22.9 Å². The van der Waals surface area contributed by atoms with Gasteiger partial charge in [0.25, 0.3) is 11.5 Å². The van der Waals surface area contributed by atoms with Crippen molar-refractivity contribution in [3.63, 3.8) is 0 Å². The van der Waals surface area contributed by atoms with Gasteiger partial charge in [-0.25, -0.2) is 5.10 Å². The lowest BCUT2D eigenvalue weighted by Gasteiger charge is -2.07. The summed E-state index contributed by atoms with van der Waals surface area (Å²) in [5, 5.41) is 21.8. The molecule has 0 bridgehead atoms. The van der Waals surface area contributed by atoms with Crippen LogP contribution in [0, 0.1) is 0 Å². The number of carbonyl (C=O) groups excluding carboxylic acids is 1. The molecule has 0 saturated heterocycles. The van der Waals surface area contributed by atoms with Gasteiger partial charge in [0.1, 0.15) is 5.69 Å². The lowest BCUT2D eigenvalue weighted by molar-refractivity contribution is 0.102. The number of aromatic amines is 1. The smallest absolute Gasteiger partial charge is 0.276 e. The number of nitrogens with one attached hydrogen (secondary N) is 2. The van der Waals surface area contributed by atoms with E-state index in [0.717, 1.165) is 11.1 Å². The number of fused-ring (bicyclic) bond motifs is 1. The molecule has 0 atom stereocenters. The topological polar surface area (TPSA) is 131 Å². The number of rotatable bonds is 4. The molecule has 1 amide bonds. The molecule has 4 aromatic heterocycles. The molecule has 5 aromatic rings. The second kappa shape index (κ2) is 7.59. The molecule has 31 heavy (non-hydrogen) atoms. The number of pyridine rings is 1. The maximum atomic E-state index is 12.4. The van der Waals surface area contributed by atoms with E-state index in [9.17, 15) is 9.59 Å². The number of hydrogen-bond donors (Lipinski definition) is 2. The molecular formula is C21H14N8O2. The summed E-state index contributed by atoms with van der Waals surface area (Å²) in [4.78, 5) is 27.5. The van der Waals surface area contributed by atoms with Gasteiger partial charge in [-0.2, -0.15) is 14.7 Å². The van der Waals surface area contributed by atoms with E-state index < -0.39 is 5.91 Å². The Morgan fingerprint density at radius 3 is 2.61 bits per heavy atom. The van der Waals surface area contributed by atoms with Gasteiger partial charge in [-0.15, -0.1) is 10.2 Å². The molecule has 150 valence electrons. The van der Waals surface area contributed by atoms with E-state index >= 15 is 0 Å². The van der Waals surface area contributed by atoms with Gasteiger partial charge >= 0.3 is 0 Å². The zero-order valence-electron chi connectivity index (χ0n) is 15.9. The van der Waals surface area contributed by atoms with Crippen molar-refractivity contribution < 1.29 is 4.79 Å². The molecule has 0 fully saturated rings. The summed E-state index contributed by atoms with van der Waals surface area (Å²) in [6.07, 6.45) is 3.37. The van der Waals surface area contributed by atoms with E-state index in [2.05, 4.69) is 35.8 Å². The van der Waals surface area contributed by atoms with Crippen molar-refractivity contribution in [2.24, 2.45) is 0 Å². The van der Waals surface area contributed by atoms with E-state index in [-0.39, 0.29) is 11.3 Å². The van der Waals surface area contributed by atoms with E-state index in [4.69, 9.17) is 0 Å². The molecule has 10 nitrogen and oxygen atoms in total. The Balaban J connectivity index is 1.47. The Kier molecular flexibility index (Phi) is 4.49. The average Bonchev–Trinajstić information content (AvgIpc) is 3.23. The van der Waals surface area contributed by atoms with Crippen LogP contribution >= 0.6 is 0 Å². The van der Waals surface area contributed by atoms with Crippen LogP contribution in [-0.4, -0.2) is 40.9 Å². The van der Waals surface area contributed by atoms with Crippen molar-refractivity contribution in [3.05, 3.63) is 89.1 Å².